The maximum Gasteiger partial charge on any atom is 0.345 e. The molecule has 0 atom stereocenters. The van der Waals surface area contributed by atoms with E-state index in [4.69, 9.17) is 14.2 Å². The van der Waals surface area contributed by atoms with Gasteiger partial charge in [0.15, 0.2) is 11.5 Å². The van der Waals surface area contributed by atoms with Gasteiger partial charge in [0, 0.05) is 15.4 Å². The molecule has 3 aromatic rings. The number of rotatable bonds is 4. The van der Waals surface area contributed by atoms with E-state index >= 15 is 0 Å². The Labute approximate surface area is 146 Å². The second-order valence-corrected chi connectivity index (χ2v) is 5.91. The summed E-state index contributed by atoms with van der Waals surface area (Å²) in [6, 6.07) is 9.12. The van der Waals surface area contributed by atoms with Gasteiger partial charge >= 0.3 is 5.69 Å². The van der Waals surface area contributed by atoms with Gasteiger partial charge in [-0.2, -0.15) is 4.98 Å². The predicted octanol–water partition coefficient (Wildman–Crippen LogP) is 3.38. The fourth-order valence-electron chi connectivity index (χ4n) is 2.56. The second kappa shape index (κ2) is 6.52. The normalized spacial score (nSPS) is 10.7. The number of hydrogen-bond acceptors (Lipinski definition) is 5. The lowest BCUT2D eigenvalue weighted by Crippen LogP contribution is -2.11. The standard InChI is InChI=1S/C17H15BrN2O4/c1-22-13-6-9(7-14(23-2)16(13)24-3)15-11-8-10(18)4-5-12(11)19-17(21)20-15/h4-8H,1-3H3,(H,19,20,21). The number of aromatic amines is 1. The van der Waals surface area contributed by atoms with Gasteiger partial charge in [0.25, 0.3) is 0 Å². The largest absolute Gasteiger partial charge is 0.493 e. The highest BCUT2D eigenvalue weighted by molar-refractivity contribution is 9.10. The van der Waals surface area contributed by atoms with E-state index in [-0.39, 0.29) is 0 Å². The van der Waals surface area contributed by atoms with Gasteiger partial charge in [0.05, 0.1) is 32.5 Å². The summed E-state index contributed by atoms with van der Waals surface area (Å²) in [7, 11) is 4.63. The van der Waals surface area contributed by atoms with Crippen LogP contribution in [0.3, 0.4) is 0 Å². The molecule has 0 radical (unpaired) electrons. The van der Waals surface area contributed by atoms with E-state index in [0.717, 1.165) is 9.86 Å². The zero-order chi connectivity index (χ0) is 17.3. The SMILES string of the molecule is COc1cc(-c2nc(=O)[nH]c3ccc(Br)cc23)cc(OC)c1OC. The summed E-state index contributed by atoms with van der Waals surface area (Å²) in [5, 5.41) is 0.804. The molecule has 0 fully saturated rings. The van der Waals surface area contributed by atoms with Crippen LogP contribution >= 0.6 is 15.9 Å². The third-order valence-corrected chi connectivity index (χ3v) is 4.12. The Bertz CT molecular complexity index is 943. The van der Waals surface area contributed by atoms with Crippen LogP contribution in [0.15, 0.2) is 39.6 Å². The lowest BCUT2D eigenvalue weighted by molar-refractivity contribution is 0.324. The van der Waals surface area contributed by atoms with E-state index in [2.05, 4.69) is 25.9 Å². The van der Waals surface area contributed by atoms with E-state index in [9.17, 15) is 4.79 Å². The Balaban J connectivity index is 2.35. The average Bonchev–Trinajstić information content (AvgIpc) is 2.60. The molecule has 2 aromatic carbocycles. The maximum atomic E-state index is 11.9. The van der Waals surface area contributed by atoms with Crippen LogP contribution in [0, 0.1) is 0 Å². The van der Waals surface area contributed by atoms with E-state index in [0.29, 0.717) is 34.0 Å². The number of nitrogens with one attached hydrogen (secondary N) is 1. The molecule has 0 saturated carbocycles. The van der Waals surface area contributed by atoms with E-state index < -0.39 is 5.69 Å². The van der Waals surface area contributed by atoms with Gasteiger partial charge in [-0.25, -0.2) is 4.79 Å². The molecule has 0 saturated heterocycles. The number of halogens is 1. The molecule has 7 heteroatoms. The van der Waals surface area contributed by atoms with E-state index in [1.54, 1.807) is 26.4 Å². The monoisotopic (exact) mass is 390 g/mol. The second-order valence-electron chi connectivity index (χ2n) is 4.99. The highest BCUT2D eigenvalue weighted by Gasteiger charge is 2.17. The number of methoxy groups -OCH3 is 3. The zero-order valence-electron chi connectivity index (χ0n) is 13.3. The number of H-pyrrole nitrogens is 1. The fraction of sp³-hybridized carbons (Fsp3) is 0.176. The summed E-state index contributed by atoms with van der Waals surface area (Å²) in [4.78, 5) is 18.8. The van der Waals surface area contributed by atoms with Crippen molar-refractivity contribution in [2.75, 3.05) is 21.3 Å². The third kappa shape index (κ3) is 2.82. The van der Waals surface area contributed by atoms with Crippen LogP contribution in [0.5, 0.6) is 17.2 Å². The van der Waals surface area contributed by atoms with Crippen molar-refractivity contribution >= 4 is 26.8 Å². The summed E-state index contributed by atoms with van der Waals surface area (Å²) in [6.07, 6.45) is 0. The Morgan fingerprint density at radius 3 is 2.25 bits per heavy atom. The van der Waals surface area contributed by atoms with Crippen molar-refractivity contribution in [2.24, 2.45) is 0 Å². The van der Waals surface area contributed by atoms with Gasteiger partial charge in [-0.05, 0) is 30.3 Å². The van der Waals surface area contributed by atoms with Crippen molar-refractivity contribution in [1.29, 1.82) is 0 Å². The summed E-state index contributed by atoms with van der Waals surface area (Å²) < 4.78 is 17.0. The molecule has 24 heavy (non-hydrogen) atoms. The molecule has 1 aromatic heterocycles. The molecule has 3 rings (SSSR count). The number of nitrogens with zero attached hydrogens (tertiary/aromatic N) is 1. The molecular formula is C17H15BrN2O4. The maximum absolute atomic E-state index is 11.9. The lowest BCUT2D eigenvalue weighted by atomic mass is 10.1. The predicted molar refractivity (Wildman–Crippen MR) is 95.2 cm³/mol. The van der Waals surface area contributed by atoms with Crippen LogP contribution in [0.25, 0.3) is 22.2 Å². The third-order valence-electron chi connectivity index (χ3n) is 3.63. The summed E-state index contributed by atoms with van der Waals surface area (Å²) in [6.45, 7) is 0. The van der Waals surface area contributed by atoms with Crippen molar-refractivity contribution in [3.8, 4) is 28.5 Å². The Hall–Kier alpha value is -2.54. The number of benzene rings is 2. The smallest absolute Gasteiger partial charge is 0.345 e. The quantitative estimate of drug-likeness (QED) is 0.738. The number of fused-ring (bicyclic) bond motifs is 1. The van der Waals surface area contributed by atoms with Gasteiger partial charge < -0.3 is 19.2 Å². The molecule has 0 bridgehead atoms. The first-order valence-electron chi connectivity index (χ1n) is 7.07. The van der Waals surface area contributed by atoms with Gasteiger partial charge in [-0.3, -0.25) is 0 Å². The van der Waals surface area contributed by atoms with Crippen LogP contribution in [0.4, 0.5) is 0 Å². The minimum absolute atomic E-state index is 0.423. The molecule has 1 N–H and O–H groups in total. The molecular weight excluding hydrogens is 376 g/mol. The van der Waals surface area contributed by atoms with Gasteiger partial charge in [-0.1, -0.05) is 15.9 Å². The Morgan fingerprint density at radius 1 is 1.00 bits per heavy atom. The topological polar surface area (TPSA) is 73.4 Å². The molecule has 0 spiro atoms. The molecule has 0 unspecified atom stereocenters. The molecule has 0 aliphatic carbocycles. The lowest BCUT2D eigenvalue weighted by Gasteiger charge is -2.14. The number of ether oxygens (including phenoxy) is 3. The van der Waals surface area contributed by atoms with Crippen LogP contribution < -0.4 is 19.9 Å². The molecule has 6 nitrogen and oxygen atoms in total. The van der Waals surface area contributed by atoms with Gasteiger partial charge in [0.2, 0.25) is 5.75 Å². The molecule has 1 heterocycles. The Morgan fingerprint density at radius 2 is 1.67 bits per heavy atom. The van der Waals surface area contributed by atoms with Crippen LogP contribution in [-0.4, -0.2) is 31.3 Å². The first-order valence-corrected chi connectivity index (χ1v) is 7.86. The first kappa shape index (κ1) is 16.3. The Kier molecular flexibility index (Phi) is 4.44. The molecule has 0 amide bonds. The molecule has 0 aliphatic heterocycles. The van der Waals surface area contributed by atoms with E-state index in [1.165, 1.54) is 7.11 Å². The highest BCUT2D eigenvalue weighted by Crippen LogP contribution is 2.41. The highest BCUT2D eigenvalue weighted by atomic mass is 79.9. The molecule has 124 valence electrons. The number of hydrogen-bond donors (Lipinski definition) is 1. The van der Waals surface area contributed by atoms with Crippen molar-refractivity contribution < 1.29 is 14.2 Å². The van der Waals surface area contributed by atoms with Crippen LogP contribution in [0.1, 0.15) is 0 Å². The first-order chi connectivity index (χ1) is 11.6. The van der Waals surface area contributed by atoms with Gasteiger partial charge in [0.1, 0.15) is 0 Å². The van der Waals surface area contributed by atoms with Crippen molar-refractivity contribution in [3.63, 3.8) is 0 Å². The zero-order valence-corrected chi connectivity index (χ0v) is 14.9. The van der Waals surface area contributed by atoms with Crippen molar-refractivity contribution in [3.05, 3.63) is 45.3 Å². The molecule has 0 aliphatic rings. The summed E-state index contributed by atoms with van der Waals surface area (Å²) in [5.41, 5.74) is 1.50. The average molecular weight is 391 g/mol. The fourth-order valence-corrected chi connectivity index (χ4v) is 2.93. The van der Waals surface area contributed by atoms with Crippen LogP contribution in [-0.2, 0) is 0 Å². The number of aromatic nitrogens is 2. The van der Waals surface area contributed by atoms with Gasteiger partial charge in [-0.15, -0.1) is 0 Å². The van der Waals surface area contributed by atoms with Crippen LogP contribution in [0.2, 0.25) is 0 Å². The summed E-state index contributed by atoms with van der Waals surface area (Å²) >= 11 is 3.45. The minimum atomic E-state index is -0.423. The van der Waals surface area contributed by atoms with E-state index in [1.807, 2.05) is 18.2 Å². The minimum Gasteiger partial charge on any atom is -0.493 e. The van der Waals surface area contributed by atoms with Crippen molar-refractivity contribution in [1.82, 2.24) is 9.97 Å². The van der Waals surface area contributed by atoms with Crippen molar-refractivity contribution in [2.45, 2.75) is 0 Å². The summed E-state index contributed by atoms with van der Waals surface area (Å²) in [5.74, 6) is 1.48.